The molecule has 2 heteroatoms. The number of fused-ring (bicyclic) bond motifs is 1. The van der Waals surface area contributed by atoms with Crippen LogP contribution in [0.25, 0.3) is 0 Å². The first kappa shape index (κ1) is 14.1. The fourth-order valence-electron chi connectivity index (χ4n) is 4.17. The van der Waals surface area contributed by atoms with Crippen LogP contribution in [0.3, 0.4) is 0 Å². The monoisotopic (exact) mass is 272 g/mol. The zero-order valence-electron chi connectivity index (χ0n) is 12.9. The molecule has 1 N–H and O–H groups in total. The van der Waals surface area contributed by atoms with Crippen LogP contribution in [-0.4, -0.2) is 36.1 Å². The minimum atomic E-state index is 0.725. The number of piperidine rings is 1. The van der Waals surface area contributed by atoms with Crippen LogP contribution in [0.5, 0.6) is 0 Å². The van der Waals surface area contributed by atoms with Crippen molar-refractivity contribution in [2.24, 2.45) is 0 Å². The van der Waals surface area contributed by atoms with E-state index in [2.05, 4.69) is 48.3 Å². The molecule has 110 valence electrons. The summed E-state index contributed by atoms with van der Waals surface area (Å²) in [4.78, 5) is 2.78. The van der Waals surface area contributed by atoms with E-state index < -0.39 is 0 Å². The van der Waals surface area contributed by atoms with Crippen molar-refractivity contribution in [3.8, 4) is 0 Å². The zero-order valence-corrected chi connectivity index (χ0v) is 12.9. The number of hydrogen-bond donors (Lipinski definition) is 1. The van der Waals surface area contributed by atoms with Crippen LogP contribution in [-0.2, 0) is 12.8 Å². The lowest BCUT2D eigenvalue weighted by Crippen LogP contribution is -2.52. The molecule has 0 saturated carbocycles. The van der Waals surface area contributed by atoms with Crippen LogP contribution in [0, 0.1) is 0 Å². The first-order chi connectivity index (χ1) is 9.78. The first-order valence-electron chi connectivity index (χ1n) is 8.34. The zero-order chi connectivity index (χ0) is 13.9. The van der Waals surface area contributed by atoms with Crippen LogP contribution in [0.2, 0.25) is 0 Å². The summed E-state index contributed by atoms with van der Waals surface area (Å²) in [5.74, 6) is 0. The molecule has 1 aliphatic carbocycles. The van der Waals surface area contributed by atoms with Crippen molar-refractivity contribution in [3.05, 3.63) is 35.4 Å². The summed E-state index contributed by atoms with van der Waals surface area (Å²) in [6, 6.07) is 11.3. The highest BCUT2D eigenvalue weighted by molar-refractivity contribution is 5.30. The molecule has 0 spiro atoms. The van der Waals surface area contributed by atoms with Gasteiger partial charge in [0.15, 0.2) is 0 Å². The second-order valence-electron chi connectivity index (χ2n) is 6.53. The lowest BCUT2D eigenvalue weighted by molar-refractivity contribution is 0.0804. The average molecular weight is 272 g/mol. The maximum absolute atomic E-state index is 3.63. The Labute approximate surface area is 123 Å². The van der Waals surface area contributed by atoms with E-state index in [4.69, 9.17) is 0 Å². The number of rotatable bonds is 3. The Hall–Kier alpha value is -0.860. The maximum Gasteiger partial charge on any atom is 0.0142 e. The van der Waals surface area contributed by atoms with Crippen molar-refractivity contribution in [2.75, 3.05) is 13.1 Å². The number of likely N-dealkylation sites (tertiary alicyclic amines) is 1. The molecule has 1 saturated heterocycles. The minimum absolute atomic E-state index is 0.725. The van der Waals surface area contributed by atoms with E-state index >= 15 is 0 Å². The molecule has 1 aliphatic heterocycles. The Bertz CT molecular complexity index is 443. The summed E-state index contributed by atoms with van der Waals surface area (Å²) in [6.45, 7) is 7.01. The molecule has 2 aliphatic rings. The lowest BCUT2D eigenvalue weighted by atomic mass is 9.85. The van der Waals surface area contributed by atoms with Gasteiger partial charge in [-0.05, 0) is 56.7 Å². The molecular weight excluding hydrogens is 244 g/mol. The highest BCUT2D eigenvalue weighted by Gasteiger charge is 2.31. The van der Waals surface area contributed by atoms with E-state index in [1.165, 1.54) is 38.6 Å². The Morgan fingerprint density at radius 3 is 2.75 bits per heavy atom. The molecule has 1 fully saturated rings. The van der Waals surface area contributed by atoms with E-state index in [0.29, 0.717) is 0 Å². The van der Waals surface area contributed by atoms with Gasteiger partial charge >= 0.3 is 0 Å². The number of nitrogens with one attached hydrogen (secondary N) is 1. The second-order valence-corrected chi connectivity index (χ2v) is 6.53. The third kappa shape index (κ3) is 2.91. The third-order valence-electron chi connectivity index (χ3n) is 5.21. The Kier molecular flexibility index (Phi) is 4.42. The predicted molar refractivity (Wildman–Crippen MR) is 85.1 cm³/mol. The Morgan fingerprint density at radius 1 is 1.20 bits per heavy atom. The van der Waals surface area contributed by atoms with Crippen LogP contribution in [0.4, 0.5) is 0 Å². The van der Waals surface area contributed by atoms with Crippen molar-refractivity contribution in [1.29, 1.82) is 0 Å². The van der Waals surface area contributed by atoms with Crippen molar-refractivity contribution < 1.29 is 0 Å². The Balaban J connectivity index is 1.64. The summed E-state index contributed by atoms with van der Waals surface area (Å²) in [5, 5.41) is 3.63. The SMILES string of the molecule is CCNC1CCN(C2CCc3ccccc3C2)C(C)C1. The summed E-state index contributed by atoms with van der Waals surface area (Å²) < 4.78 is 0. The van der Waals surface area contributed by atoms with Gasteiger partial charge in [-0.1, -0.05) is 31.2 Å². The summed E-state index contributed by atoms with van der Waals surface area (Å²) >= 11 is 0. The molecule has 1 aromatic rings. The van der Waals surface area contributed by atoms with E-state index in [0.717, 1.165) is 24.7 Å². The van der Waals surface area contributed by atoms with Crippen molar-refractivity contribution in [2.45, 2.75) is 64.1 Å². The van der Waals surface area contributed by atoms with Crippen molar-refractivity contribution >= 4 is 0 Å². The summed E-state index contributed by atoms with van der Waals surface area (Å²) in [7, 11) is 0. The van der Waals surface area contributed by atoms with E-state index in [9.17, 15) is 0 Å². The van der Waals surface area contributed by atoms with Gasteiger partial charge < -0.3 is 5.32 Å². The van der Waals surface area contributed by atoms with Gasteiger partial charge in [0.2, 0.25) is 0 Å². The van der Waals surface area contributed by atoms with Gasteiger partial charge in [-0.2, -0.15) is 0 Å². The summed E-state index contributed by atoms with van der Waals surface area (Å²) in [6.07, 6.45) is 6.49. The van der Waals surface area contributed by atoms with Gasteiger partial charge in [0.25, 0.3) is 0 Å². The van der Waals surface area contributed by atoms with Gasteiger partial charge in [-0.3, -0.25) is 4.90 Å². The topological polar surface area (TPSA) is 15.3 Å². The average Bonchev–Trinajstić information content (AvgIpc) is 2.47. The molecule has 2 nitrogen and oxygen atoms in total. The van der Waals surface area contributed by atoms with E-state index in [-0.39, 0.29) is 0 Å². The Morgan fingerprint density at radius 2 is 2.00 bits per heavy atom. The predicted octanol–water partition coefficient (Wildman–Crippen LogP) is 3.01. The van der Waals surface area contributed by atoms with Gasteiger partial charge in [0.05, 0.1) is 0 Å². The first-order valence-corrected chi connectivity index (χ1v) is 8.34. The number of nitrogens with zero attached hydrogens (tertiary/aromatic N) is 1. The maximum atomic E-state index is 3.63. The minimum Gasteiger partial charge on any atom is -0.314 e. The van der Waals surface area contributed by atoms with Crippen LogP contribution < -0.4 is 5.32 Å². The smallest absolute Gasteiger partial charge is 0.0142 e. The molecule has 3 atom stereocenters. The van der Waals surface area contributed by atoms with E-state index in [1.54, 1.807) is 11.1 Å². The third-order valence-corrected chi connectivity index (χ3v) is 5.21. The quantitative estimate of drug-likeness (QED) is 0.910. The standard InChI is InChI=1S/C18H28N2/c1-3-19-17-10-11-20(14(2)12-17)18-9-8-15-6-4-5-7-16(15)13-18/h4-7,14,17-19H,3,8-13H2,1-2H3. The number of benzene rings is 1. The molecule has 1 heterocycles. The molecule has 3 rings (SSSR count). The van der Waals surface area contributed by atoms with Crippen LogP contribution in [0.1, 0.15) is 44.2 Å². The normalized spacial score (nSPS) is 31.0. The van der Waals surface area contributed by atoms with Crippen molar-refractivity contribution in [3.63, 3.8) is 0 Å². The van der Waals surface area contributed by atoms with Gasteiger partial charge in [-0.15, -0.1) is 0 Å². The van der Waals surface area contributed by atoms with Crippen molar-refractivity contribution in [1.82, 2.24) is 10.2 Å². The molecular formula is C18H28N2. The number of hydrogen-bond acceptors (Lipinski definition) is 2. The lowest BCUT2D eigenvalue weighted by Gasteiger charge is -2.44. The molecule has 1 aromatic carbocycles. The highest BCUT2D eigenvalue weighted by Crippen LogP contribution is 2.29. The largest absolute Gasteiger partial charge is 0.314 e. The fraction of sp³-hybridized carbons (Fsp3) is 0.667. The number of aryl methyl sites for hydroxylation is 1. The van der Waals surface area contributed by atoms with Crippen LogP contribution >= 0.6 is 0 Å². The second kappa shape index (κ2) is 6.28. The molecule has 0 aromatic heterocycles. The molecule has 0 radical (unpaired) electrons. The molecule has 3 unspecified atom stereocenters. The highest BCUT2D eigenvalue weighted by atomic mass is 15.2. The van der Waals surface area contributed by atoms with Gasteiger partial charge in [0.1, 0.15) is 0 Å². The van der Waals surface area contributed by atoms with Gasteiger partial charge in [0, 0.05) is 24.7 Å². The molecule has 0 bridgehead atoms. The van der Waals surface area contributed by atoms with E-state index in [1.807, 2.05) is 0 Å². The molecule has 20 heavy (non-hydrogen) atoms. The molecule has 0 amide bonds. The van der Waals surface area contributed by atoms with Crippen LogP contribution in [0.15, 0.2) is 24.3 Å². The van der Waals surface area contributed by atoms with Gasteiger partial charge in [-0.25, -0.2) is 0 Å². The summed E-state index contributed by atoms with van der Waals surface area (Å²) in [5.41, 5.74) is 3.17. The fourth-order valence-corrected chi connectivity index (χ4v) is 4.17.